The van der Waals surface area contributed by atoms with Gasteiger partial charge in [-0.05, 0) is 0 Å². The van der Waals surface area contributed by atoms with Gasteiger partial charge in [0.1, 0.15) is 0 Å². The second kappa shape index (κ2) is 3.91. The minimum atomic E-state index is -5.35. The molecule has 0 atom stereocenters. The van der Waals surface area contributed by atoms with Crippen molar-refractivity contribution in [2.24, 2.45) is 0 Å². The molecule has 0 aliphatic heterocycles. The van der Waals surface area contributed by atoms with Gasteiger partial charge < -0.3 is 0 Å². The van der Waals surface area contributed by atoms with E-state index in [-0.39, 0.29) is 0 Å². The summed E-state index contributed by atoms with van der Waals surface area (Å²) in [7, 11) is 0. The molecule has 12 heavy (non-hydrogen) atoms. The van der Waals surface area contributed by atoms with Crippen molar-refractivity contribution in [1.82, 2.24) is 0 Å². The molecule has 0 saturated heterocycles. The molecule has 0 rings (SSSR count). The Morgan fingerprint density at radius 3 is 1.42 bits per heavy atom. The van der Waals surface area contributed by atoms with Crippen LogP contribution in [0, 0.1) is 0 Å². The number of halogens is 6. The monoisotopic (exact) mass is 246 g/mol. The van der Waals surface area contributed by atoms with Crippen molar-refractivity contribution < 1.29 is 47.4 Å². The van der Waals surface area contributed by atoms with Crippen LogP contribution in [-0.2, 0) is 21.1 Å². The van der Waals surface area contributed by atoms with Gasteiger partial charge in [-0.1, -0.05) is 0 Å². The third-order valence-electron chi connectivity index (χ3n) is 0.928. The van der Waals surface area contributed by atoms with Crippen molar-refractivity contribution >= 4 is 0 Å². The summed E-state index contributed by atoms with van der Waals surface area (Å²) in [5.74, 6) is 0. The Balaban J connectivity index is 4.45. The summed E-state index contributed by atoms with van der Waals surface area (Å²) in [6, 6.07) is 0. The Morgan fingerprint density at radius 1 is 1.00 bits per heavy atom. The van der Waals surface area contributed by atoms with Gasteiger partial charge in [-0.25, -0.2) is 0 Å². The van der Waals surface area contributed by atoms with E-state index in [0.29, 0.717) is 0 Å². The molecule has 0 bridgehead atoms. The Labute approximate surface area is 72.1 Å². The minimum absolute atomic E-state index is 1.25. The first-order valence-corrected chi connectivity index (χ1v) is 7.12. The zero-order valence-corrected chi connectivity index (χ0v) is 8.93. The number of rotatable bonds is 2. The molecule has 8 heteroatoms. The van der Waals surface area contributed by atoms with Gasteiger partial charge in [-0.15, -0.1) is 0 Å². The molecule has 0 aliphatic carbocycles. The van der Waals surface area contributed by atoms with E-state index >= 15 is 0 Å². The summed E-state index contributed by atoms with van der Waals surface area (Å²) in [4.78, 5) is 0. The van der Waals surface area contributed by atoms with E-state index in [9.17, 15) is 26.3 Å². The molecule has 0 heterocycles. The van der Waals surface area contributed by atoms with E-state index in [1.165, 1.54) is 5.52 Å². The second-order valence-corrected chi connectivity index (χ2v) is 3.83. The predicted molar refractivity (Wildman–Crippen MR) is 22.8 cm³/mol. The summed E-state index contributed by atoms with van der Waals surface area (Å²) in [6.45, 7) is 0. The average molecular weight is 247 g/mol. The fourth-order valence-electron chi connectivity index (χ4n) is 0.541. The van der Waals surface area contributed by atoms with Crippen molar-refractivity contribution in [3.8, 4) is 0 Å². The predicted octanol–water partition coefficient (Wildman–Crippen LogP) is 2.54. The third kappa shape index (κ3) is 3.71. The number of hydrogen-bond acceptors (Lipinski definition) is 1. The first-order valence-electron chi connectivity index (χ1n) is 2.94. The topological polar surface area (TPSA) is 9.23 Å². The summed E-state index contributed by atoms with van der Waals surface area (Å²) < 4.78 is 73.2. The molecule has 0 unspecified atom stereocenters. The van der Waals surface area contributed by atoms with Crippen molar-refractivity contribution in [2.45, 2.75) is 24.0 Å². The molecule has 70 valence electrons. The molecule has 0 aromatic carbocycles. The van der Waals surface area contributed by atoms with Crippen LogP contribution < -0.4 is 0 Å². The standard InChI is InChI=1S/C3HF6O.CH3.Zn/c4-2(5,6)1(10)3(7,8)9;;/h1H;1H3;/q-1;;+1. The number of alkyl halides is 6. The molecule has 0 radical (unpaired) electrons. The van der Waals surface area contributed by atoms with E-state index in [1.807, 2.05) is 0 Å². The van der Waals surface area contributed by atoms with Gasteiger partial charge in [0, 0.05) is 0 Å². The van der Waals surface area contributed by atoms with Crippen LogP contribution in [0.4, 0.5) is 26.3 Å². The van der Waals surface area contributed by atoms with Crippen LogP contribution in [0.3, 0.4) is 0 Å². The molecule has 0 amide bonds. The van der Waals surface area contributed by atoms with Crippen molar-refractivity contribution in [2.75, 3.05) is 0 Å². The van der Waals surface area contributed by atoms with Crippen LogP contribution in [0.1, 0.15) is 0 Å². The molecular formula is C4H4F6OZn. The van der Waals surface area contributed by atoms with Crippen LogP contribution in [0.5, 0.6) is 0 Å². The Hall–Kier alpha value is 0.163. The molecule has 0 fully saturated rings. The van der Waals surface area contributed by atoms with Crippen molar-refractivity contribution in [3.05, 3.63) is 0 Å². The van der Waals surface area contributed by atoms with Gasteiger partial charge in [-0.3, -0.25) is 0 Å². The molecule has 0 N–H and O–H groups in total. The first-order chi connectivity index (χ1) is 5.19. The SMILES string of the molecule is [CH3][Zn][O]C(C(F)(F)F)C(F)(F)F. The summed E-state index contributed by atoms with van der Waals surface area (Å²) in [6.07, 6.45) is -14.3. The molecule has 0 aliphatic rings. The molecule has 0 spiro atoms. The number of hydrogen-bond donors (Lipinski definition) is 0. The summed E-state index contributed by atoms with van der Waals surface area (Å²) in [5.41, 5.74) is 1.25. The molecule has 1 nitrogen and oxygen atoms in total. The maximum absolute atomic E-state index is 11.6. The second-order valence-electron chi connectivity index (χ2n) is 1.92. The first kappa shape index (κ1) is 12.2. The quantitative estimate of drug-likeness (QED) is 0.538. The Kier molecular flexibility index (Phi) is 3.97. The van der Waals surface area contributed by atoms with Crippen LogP contribution in [0.25, 0.3) is 0 Å². The van der Waals surface area contributed by atoms with Gasteiger partial charge in [-0.2, -0.15) is 0 Å². The van der Waals surface area contributed by atoms with Crippen LogP contribution in [-0.4, -0.2) is 18.5 Å². The summed E-state index contributed by atoms with van der Waals surface area (Å²) >= 11 is -2.12. The van der Waals surface area contributed by atoms with E-state index in [2.05, 4.69) is 3.56 Å². The third-order valence-corrected chi connectivity index (χ3v) is 2.33. The van der Waals surface area contributed by atoms with E-state index in [1.54, 1.807) is 0 Å². The maximum atomic E-state index is 11.6. The Bertz CT molecular complexity index is 125. The van der Waals surface area contributed by atoms with E-state index in [4.69, 9.17) is 0 Å². The molecule has 0 aromatic rings. The Morgan fingerprint density at radius 2 is 1.33 bits per heavy atom. The van der Waals surface area contributed by atoms with Gasteiger partial charge in [0.25, 0.3) is 0 Å². The average Bonchev–Trinajstić information content (AvgIpc) is 1.77. The normalized spacial score (nSPS) is 13.3. The van der Waals surface area contributed by atoms with Gasteiger partial charge >= 0.3 is 71.4 Å². The van der Waals surface area contributed by atoms with Gasteiger partial charge in [0.05, 0.1) is 0 Å². The fourth-order valence-corrected chi connectivity index (χ4v) is 2.03. The van der Waals surface area contributed by atoms with E-state index in [0.717, 1.165) is 0 Å². The van der Waals surface area contributed by atoms with Crippen molar-refractivity contribution in [3.63, 3.8) is 0 Å². The zero-order chi connectivity index (χ0) is 9.99. The molecule has 0 saturated carbocycles. The molecule has 0 aromatic heterocycles. The summed E-state index contributed by atoms with van der Waals surface area (Å²) in [5, 5.41) is 0. The van der Waals surface area contributed by atoms with Crippen LogP contribution in [0.15, 0.2) is 0 Å². The zero-order valence-electron chi connectivity index (χ0n) is 5.96. The van der Waals surface area contributed by atoms with Crippen molar-refractivity contribution in [1.29, 1.82) is 0 Å². The van der Waals surface area contributed by atoms with Gasteiger partial charge in [0.2, 0.25) is 0 Å². The van der Waals surface area contributed by atoms with Crippen LogP contribution >= 0.6 is 0 Å². The molecular weight excluding hydrogens is 243 g/mol. The van der Waals surface area contributed by atoms with Crippen LogP contribution in [0.2, 0.25) is 5.52 Å². The fraction of sp³-hybridized carbons (Fsp3) is 1.00. The van der Waals surface area contributed by atoms with Gasteiger partial charge in [0.15, 0.2) is 0 Å². The van der Waals surface area contributed by atoms with E-state index < -0.39 is 35.9 Å².